The van der Waals surface area contributed by atoms with Crippen LogP contribution in [0, 0.1) is 5.92 Å². The highest BCUT2D eigenvalue weighted by Gasteiger charge is 2.36. The number of nitrogens with one attached hydrogen (secondary N) is 1. The van der Waals surface area contributed by atoms with Crippen LogP contribution in [0.4, 0.5) is 5.69 Å². The first-order valence-electron chi connectivity index (χ1n) is 8.43. The number of fused-ring (bicyclic) bond motifs is 1. The van der Waals surface area contributed by atoms with Crippen molar-refractivity contribution in [2.75, 3.05) is 11.4 Å². The lowest BCUT2D eigenvalue weighted by molar-refractivity contribution is 0.342. The zero-order valence-electron chi connectivity index (χ0n) is 13.2. The van der Waals surface area contributed by atoms with Crippen molar-refractivity contribution in [1.82, 2.24) is 5.32 Å². The number of nitrogens with zero attached hydrogens (tertiary/aromatic N) is 1. The topological polar surface area (TPSA) is 15.3 Å². The predicted molar refractivity (Wildman–Crippen MR) is 93.8 cm³/mol. The molecule has 0 bridgehead atoms. The van der Waals surface area contributed by atoms with E-state index in [4.69, 9.17) is 0 Å². The Kier molecular flexibility index (Phi) is 4.90. The normalized spacial score (nSPS) is 25.4. The van der Waals surface area contributed by atoms with Crippen LogP contribution in [0.15, 0.2) is 22.7 Å². The third-order valence-corrected chi connectivity index (χ3v) is 5.56. The van der Waals surface area contributed by atoms with Gasteiger partial charge >= 0.3 is 0 Å². The summed E-state index contributed by atoms with van der Waals surface area (Å²) in [6.45, 7) is 6.63. The van der Waals surface area contributed by atoms with E-state index in [0.29, 0.717) is 6.04 Å². The van der Waals surface area contributed by atoms with E-state index >= 15 is 0 Å². The van der Waals surface area contributed by atoms with Crippen LogP contribution in [0.1, 0.15) is 51.5 Å². The Labute approximate surface area is 137 Å². The highest BCUT2D eigenvalue weighted by atomic mass is 79.9. The van der Waals surface area contributed by atoms with Crippen molar-refractivity contribution < 1.29 is 0 Å². The van der Waals surface area contributed by atoms with Crippen molar-refractivity contribution in [3.63, 3.8) is 0 Å². The van der Waals surface area contributed by atoms with Gasteiger partial charge in [-0.05, 0) is 48.9 Å². The number of halogens is 1. The van der Waals surface area contributed by atoms with E-state index < -0.39 is 0 Å². The molecule has 0 amide bonds. The van der Waals surface area contributed by atoms with E-state index in [2.05, 4.69) is 58.2 Å². The molecule has 2 aliphatic rings. The van der Waals surface area contributed by atoms with Gasteiger partial charge in [-0.15, -0.1) is 0 Å². The molecular formula is C18H27BrN2. The lowest BCUT2D eigenvalue weighted by Crippen LogP contribution is -2.35. The average Bonchev–Trinajstić information content (AvgIpc) is 2.89. The van der Waals surface area contributed by atoms with Crippen LogP contribution in [0.5, 0.6) is 0 Å². The lowest BCUT2D eigenvalue weighted by atomic mass is 9.85. The molecule has 2 unspecified atom stereocenters. The molecule has 1 saturated carbocycles. The summed E-state index contributed by atoms with van der Waals surface area (Å²) in [5.41, 5.74) is 2.89. The number of anilines is 1. The predicted octanol–water partition coefficient (Wildman–Crippen LogP) is 4.72. The van der Waals surface area contributed by atoms with Crippen LogP contribution in [0.25, 0.3) is 0 Å². The Hall–Kier alpha value is -0.540. The highest BCUT2D eigenvalue weighted by Crippen LogP contribution is 2.40. The number of benzene rings is 1. The largest absolute Gasteiger partial charge is 0.368 e. The maximum absolute atomic E-state index is 3.63. The molecule has 1 aliphatic heterocycles. The Morgan fingerprint density at radius 3 is 2.86 bits per heavy atom. The van der Waals surface area contributed by atoms with E-state index in [-0.39, 0.29) is 0 Å². The monoisotopic (exact) mass is 350 g/mol. The Morgan fingerprint density at radius 1 is 1.24 bits per heavy atom. The molecule has 3 heteroatoms. The number of hydrogen-bond donors (Lipinski definition) is 1. The van der Waals surface area contributed by atoms with Gasteiger partial charge in [0.2, 0.25) is 0 Å². The van der Waals surface area contributed by atoms with Crippen LogP contribution >= 0.6 is 15.9 Å². The molecule has 1 N–H and O–H groups in total. The Balaban J connectivity index is 1.83. The molecule has 0 radical (unpaired) electrons. The summed E-state index contributed by atoms with van der Waals surface area (Å²) in [4.78, 5) is 2.70. The van der Waals surface area contributed by atoms with E-state index in [9.17, 15) is 0 Å². The van der Waals surface area contributed by atoms with Crippen LogP contribution < -0.4 is 10.2 Å². The van der Waals surface area contributed by atoms with Crippen molar-refractivity contribution in [3.05, 3.63) is 28.2 Å². The van der Waals surface area contributed by atoms with Gasteiger partial charge in [0.25, 0.3) is 0 Å². The van der Waals surface area contributed by atoms with E-state index in [1.807, 2.05) is 0 Å². The third kappa shape index (κ3) is 3.45. The summed E-state index contributed by atoms with van der Waals surface area (Å²) in [7, 11) is 0. The summed E-state index contributed by atoms with van der Waals surface area (Å²) >= 11 is 3.63. The van der Waals surface area contributed by atoms with Gasteiger partial charge in [0.1, 0.15) is 0 Å². The molecule has 2 atom stereocenters. The summed E-state index contributed by atoms with van der Waals surface area (Å²) < 4.78 is 1.19. The summed E-state index contributed by atoms with van der Waals surface area (Å²) in [5, 5.41) is 3.58. The fourth-order valence-corrected chi connectivity index (χ4v) is 4.40. The molecule has 2 fully saturated rings. The van der Waals surface area contributed by atoms with E-state index in [1.54, 1.807) is 0 Å². The first-order chi connectivity index (χ1) is 10.1. The fraction of sp³-hybridized carbons (Fsp3) is 0.667. The van der Waals surface area contributed by atoms with Gasteiger partial charge in [-0.3, -0.25) is 0 Å². The van der Waals surface area contributed by atoms with E-state index in [0.717, 1.165) is 18.5 Å². The number of hydrogen-bond acceptors (Lipinski definition) is 2. The second-order valence-corrected chi connectivity index (χ2v) is 7.82. The minimum absolute atomic E-state index is 0.526. The van der Waals surface area contributed by atoms with Crippen molar-refractivity contribution in [3.8, 4) is 0 Å². The molecule has 1 heterocycles. The minimum atomic E-state index is 0.526. The maximum atomic E-state index is 3.63. The van der Waals surface area contributed by atoms with Crippen molar-refractivity contribution >= 4 is 21.6 Å². The van der Waals surface area contributed by atoms with Crippen LogP contribution in [0.2, 0.25) is 0 Å². The molecule has 1 aliphatic carbocycles. The maximum Gasteiger partial charge on any atom is 0.0415 e. The smallest absolute Gasteiger partial charge is 0.0415 e. The van der Waals surface area contributed by atoms with Gasteiger partial charge in [-0.25, -0.2) is 0 Å². The fourth-order valence-electron chi connectivity index (χ4n) is 3.99. The molecular weight excluding hydrogens is 324 g/mol. The molecule has 2 nitrogen and oxygen atoms in total. The van der Waals surface area contributed by atoms with Gasteiger partial charge in [0, 0.05) is 35.3 Å². The number of rotatable bonds is 4. The zero-order chi connectivity index (χ0) is 14.8. The molecule has 21 heavy (non-hydrogen) atoms. The first kappa shape index (κ1) is 15.4. The van der Waals surface area contributed by atoms with Crippen LogP contribution in [0.3, 0.4) is 0 Å². The standard InChI is InChI=1S/C18H27BrN2/c1-13(2)20-12-15-11-16(19)7-8-18(15)21-10-9-14-5-3-4-6-17(14)21/h7-8,11,13-14,17,20H,3-6,9-10,12H2,1-2H3. The van der Waals surface area contributed by atoms with Crippen molar-refractivity contribution in [2.45, 2.75) is 64.6 Å². The molecule has 3 rings (SSSR count). The quantitative estimate of drug-likeness (QED) is 0.845. The average molecular weight is 351 g/mol. The summed E-state index contributed by atoms with van der Waals surface area (Å²) in [5.74, 6) is 0.938. The van der Waals surface area contributed by atoms with E-state index in [1.165, 1.54) is 54.4 Å². The van der Waals surface area contributed by atoms with Crippen molar-refractivity contribution in [1.29, 1.82) is 0 Å². The summed E-state index contributed by atoms with van der Waals surface area (Å²) in [6.07, 6.45) is 7.07. The first-order valence-corrected chi connectivity index (χ1v) is 9.23. The third-order valence-electron chi connectivity index (χ3n) is 5.06. The van der Waals surface area contributed by atoms with Gasteiger partial charge in [-0.1, -0.05) is 42.6 Å². The molecule has 0 spiro atoms. The lowest BCUT2D eigenvalue weighted by Gasteiger charge is -2.34. The second-order valence-electron chi connectivity index (χ2n) is 6.90. The second kappa shape index (κ2) is 6.70. The van der Waals surface area contributed by atoms with Crippen LogP contribution in [-0.4, -0.2) is 18.6 Å². The van der Waals surface area contributed by atoms with Crippen LogP contribution in [-0.2, 0) is 6.54 Å². The summed E-state index contributed by atoms with van der Waals surface area (Å²) in [6, 6.07) is 8.12. The molecule has 1 aromatic rings. The molecule has 1 aromatic carbocycles. The molecule has 0 aromatic heterocycles. The highest BCUT2D eigenvalue weighted by molar-refractivity contribution is 9.10. The van der Waals surface area contributed by atoms with Gasteiger partial charge in [-0.2, -0.15) is 0 Å². The van der Waals surface area contributed by atoms with Crippen molar-refractivity contribution in [2.24, 2.45) is 5.92 Å². The van der Waals surface area contributed by atoms with Gasteiger partial charge < -0.3 is 10.2 Å². The zero-order valence-corrected chi connectivity index (χ0v) is 14.8. The minimum Gasteiger partial charge on any atom is -0.368 e. The van der Waals surface area contributed by atoms with Gasteiger partial charge in [0.15, 0.2) is 0 Å². The Morgan fingerprint density at radius 2 is 2.05 bits per heavy atom. The Bertz CT molecular complexity index is 486. The SMILES string of the molecule is CC(C)NCc1cc(Br)ccc1N1CCC2CCCCC21. The van der Waals surface area contributed by atoms with Gasteiger partial charge in [0.05, 0.1) is 0 Å². The molecule has 1 saturated heterocycles. The molecule has 116 valence electrons.